The molecule has 2 nitrogen and oxygen atoms in total. The molecular formula is C98H71BrN2. The number of halogens is 1. The predicted octanol–water partition coefficient (Wildman–Crippen LogP) is 26.4. The highest BCUT2D eigenvalue weighted by Crippen LogP contribution is 2.58. The molecule has 0 radical (unpaired) electrons. The van der Waals surface area contributed by atoms with Crippen molar-refractivity contribution in [3.8, 4) is 66.8 Å². The topological polar surface area (TPSA) is 15.3 Å². The summed E-state index contributed by atoms with van der Waals surface area (Å²) in [4.78, 5) is 2.36. The van der Waals surface area contributed by atoms with Crippen LogP contribution >= 0.6 is 15.9 Å². The maximum absolute atomic E-state index is 3.59. The second-order valence-electron chi connectivity index (χ2n) is 25.6. The molecular weight excluding hydrogens is 1280 g/mol. The summed E-state index contributed by atoms with van der Waals surface area (Å²) < 4.78 is 1.10. The molecule has 0 amide bonds. The monoisotopic (exact) mass is 1350 g/mol. The molecule has 0 saturated carbocycles. The number of hydrogen-bond donors (Lipinski definition) is 1. The zero-order valence-corrected chi connectivity index (χ0v) is 57.3. The summed E-state index contributed by atoms with van der Waals surface area (Å²) in [7, 11) is 0. The molecule has 480 valence electrons. The van der Waals surface area contributed by atoms with E-state index in [0.29, 0.717) is 0 Å². The fourth-order valence-corrected chi connectivity index (χ4v) is 15.5. The number of benzene rings is 16. The minimum atomic E-state index is -0.424. The van der Waals surface area contributed by atoms with Crippen LogP contribution in [0.4, 0.5) is 28.4 Å². The summed E-state index contributed by atoms with van der Waals surface area (Å²) >= 11 is 3.59. The molecule has 2 aliphatic rings. The Morgan fingerprint density at radius 3 is 0.683 bits per heavy atom. The van der Waals surface area contributed by atoms with Crippen LogP contribution in [0.1, 0.15) is 44.5 Å². The van der Waals surface area contributed by atoms with Crippen LogP contribution < -0.4 is 10.2 Å². The molecule has 0 unspecified atom stereocenters. The number of hydrogen-bond acceptors (Lipinski definition) is 2. The fourth-order valence-electron chi connectivity index (χ4n) is 15.2. The van der Waals surface area contributed by atoms with Gasteiger partial charge < -0.3 is 10.2 Å². The van der Waals surface area contributed by atoms with E-state index in [-0.39, 0.29) is 5.41 Å². The van der Waals surface area contributed by atoms with Crippen molar-refractivity contribution >= 4 is 44.4 Å². The Hall–Kier alpha value is -12.4. The van der Waals surface area contributed by atoms with Gasteiger partial charge in [0, 0.05) is 32.9 Å². The van der Waals surface area contributed by atoms with Crippen molar-refractivity contribution in [2.75, 3.05) is 10.2 Å². The molecule has 1 N–H and O–H groups in total. The fraction of sp³-hybridized carbons (Fsp3) is 0.0204. The summed E-state index contributed by atoms with van der Waals surface area (Å²) in [5, 5.41) is 3.46. The van der Waals surface area contributed by atoms with Gasteiger partial charge in [-0.1, -0.05) is 368 Å². The van der Waals surface area contributed by atoms with Gasteiger partial charge >= 0.3 is 0 Å². The Kier molecular flexibility index (Phi) is 17.9. The normalized spacial score (nSPS) is 12.4. The molecule has 3 heteroatoms. The van der Waals surface area contributed by atoms with E-state index in [4.69, 9.17) is 0 Å². The first kappa shape index (κ1) is 63.3. The van der Waals surface area contributed by atoms with E-state index in [1.165, 1.54) is 111 Å². The van der Waals surface area contributed by atoms with E-state index in [1.54, 1.807) is 0 Å². The van der Waals surface area contributed by atoms with Crippen LogP contribution in [0, 0.1) is 0 Å². The molecule has 0 fully saturated rings. The van der Waals surface area contributed by atoms with Crippen molar-refractivity contribution in [3.05, 3.63) is 474 Å². The first-order valence-corrected chi connectivity index (χ1v) is 35.4. The van der Waals surface area contributed by atoms with Gasteiger partial charge in [0.05, 0.1) is 10.8 Å². The summed E-state index contributed by atoms with van der Waals surface area (Å²) in [6, 6.07) is 152. The zero-order chi connectivity index (χ0) is 67.8. The van der Waals surface area contributed by atoms with Gasteiger partial charge in [-0.3, -0.25) is 0 Å². The van der Waals surface area contributed by atoms with Crippen LogP contribution in [-0.4, -0.2) is 0 Å². The molecule has 16 aromatic rings. The third kappa shape index (κ3) is 12.4. The van der Waals surface area contributed by atoms with E-state index in [0.717, 1.165) is 32.9 Å². The molecule has 101 heavy (non-hydrogen) atoms. The summed E-state index contributed by atoms with van der Waals surface area (Å²) in [5.74, 6) is 0. The van der Waals surface area contributed by atoms with E-state index in [9.17, 15) is 0 Å². The van der Waals surface area contributed by atoms with Gasteiger partial charge in [-0.25, -0.2) is 0 Å². The highest BCUT2D eigenvalue weighted by atomic mass is 79.9. The van der Waals surface area contributed by atoms with Crippen molar-refractivity contribution in [2.24, 2.45) is 0 Å². The van der Waals surface area contributed by atoms with Gasteiger partial charge in [0.1, 0.15) is 0 Å². The molecule has 0 bridgehead atoms. The Morgan fingerprint density at radius 1 is 0.188 bits per heavy atom. The lowest BCUT2D eigenvalue weighted by Gasteiger charge is -2.34. The highest BCUT2D eigenvalue weighted by Gasteiger charge is 2.47. The second-order valence-corrected chi connectivity index (χ2v) is 26.6. The Morgan fingerprint density at radius 2 is 0.396 bits per heavy atom. The van der Waals surface area contributed by atoms with Gasteiger partial charge in [0.2, 0.25) is 0 Å². The summed E-state index contributed by atoms with van der Waals surface area (Å²) in [6.07, 6.45) is 0. The quantitative estimate of drug-likeness (QED) is 0.124. The van der Waals surface area contributed by atoms with Gasteiger partial charge in [-0.05, 0) is 184 Å². The van der Waals surface area contributed by atoms with Gasteiger partial charge in [0.25, 0.3) is 0 Å². The Balaban J connectivity index is 0.000000130. The number of fused-ring (bicyclic) bond motifs is 6. The lowest BCUT2D eigenvalue weighted by molar-refractivity contribution is 0.768. The number of anilines is 5. The van der Waals surface area contributed by atoms with Crippen LogP contribution in [0.2, 0.25) is 0 Å². The molecule has 16 aromatic carbocycles. The number of rotatable bonds is 13. The molecule has 0 aromatic heterocycles. The Labute approximate surface area is 601 Å². The first-order valence-electron chi connectivity index (χ1n) is 34.6. The van der Waals surface area contributed by atoms with Gasteiger partial charge in [-0.2, -0.15) is 0 Å². The standard InChI is InChI=1S/C49H35N.C25H17Br.C24H19N/c1-4-14-36(15-5-1)38-24-30-42(31-25-38)50(43-32-26-39(27-33-43)37-16-6-2-7-17-37)44-34-28-41(29-35-44)49(40-18-8-3-9-19-40)47-22-12-10-20-45(47)46-21-11-13-23-48(46)49;26-20-16-14-19(15-17-20)25(18-8-2-1-3-9-18)23-12-6-4-10-21(23)22-11-5-7-13-24(22)25;1-3-7-19(8-4-1)21-11-15-23(16-12-21)25-24-17-13-22(14-18-24)20-9-5-2-6-10-20/h1-35H;1-17H;1-18,25H. The van der Waals surface area contributed by atoms with Crippen LogP contribution in [-0.2, 0) is 10.8 Å². The van der Waals surface area contributed by atoms with E-state index in [1.807, 2.05) is 12.1 Å². The number of nitrogens with one attached hydrogen (secondary N) is 1. The average Bonchev–Trinajstić information content (AvgIpc) is 1.56. The minimum absolute atomic E-state index is 0.283. The summed E-state index contributed by atoms with van der Waals surface area (Å²) in [5.41, 5.74) is 30.3. The minimum Gasteiger partial charge on any atom is -0.356 e. The molecule has 18 rings (SSSR count). The van der Waals surface area contributed by atoms with Crippen molar-refractivity contribution in [3.63, 3.8) is 0 Å². The lowest BCUT2D eigenvalue weighted by Crippen LogP contribution is -2.28. The first-order chi connectivity index (χ1) is 50.0. The van der Waals surface area contributed by atoms with E-state index in [2.05, 4.69) is 439 Å². The van der Waals surface area contributed by atoms with Crippen LogP contribution in [0.15, 0.2) is 429 Å². The van der Waals surface area contributed by atoms with Crippen LogP contribution in [0.25, 0.3) is 66.8 Å². The third-order valence-corrected chi connectivity index (χ3v) is 20.4. The van der Waals surface area contributed by atoms with E-state index >= 15 is 0 Å². The maximum Gasteiger partial charge on any atom is 0.0713 e. The molecule has 0 aliphatic heterocycles. The molecule has 0 heterocycles. The smallest absolute Gasteiger partial charge is 0.0713 e. The molecule has 0 atom stereocenters. The van der Waals surface area contributed by atoms with Crippen molar-refractivity contribution in [1.29, 1.82) is 0 Å². The Bertz CT molecular complexity index is 5160. The SMILES string of the molecule is Brc1ccc(C2(c3ccccc3)c3ccccc3-c3ccccc32)cc1.c1ccc(-c2ccc(N(c3ccc(-c4ccccc4)cc3)c3ccc(C4(c5ccccc5)c5ccccc5-c5ccccc54)cc3)cc2)cc1.c1ccc(-c2ccc(Nc3ccc(-c4ccccc4)cc3)cc2)cc1. The summed E-state index contributed by atoms with van der Waals surface area (Å²) in [6.45, 7) is 0. The molecule has 0 spiro atoms. The van der Waals surface area contributed by atoms with Crippen LogP contribution in [0.5, 0.6) is 0 Å². The maximum atomic E-state index is 3.59. The zero-order valence-electron chi connectivity index (χ0n) is 55.7. The van der Waals surface area contributed by atoms with Gasteiger partial charge in [0.15, 0.2) is 0 Å². The molecule has 2 aliphatic carbocycles. The second kappa shape index (κ2) is 28.6. The lowest BCUT2D eigenvalue weighted by atomic mass is 9.68. The average molecular weight is 1360 g/mol. The number of nitrogens with zero attached hydrogens (tertiary/aromatic N) is 1. The van der Waals surface area contributed by atoms with Gasteiger partial charge in [-0.15, -0.1) is 0 Å². The van der Waals surface area contributed by atoms with Crippen molar-refractivity contribution in [2.45, 2.75) is 10.8 Å². The predicted molar refractivity (Wildman–Crippen MR) is 428 cm³/mol. The highest BCUT2D eigenvalue weighted by molar-refractivity contribution is 9.10. The van der Waals surface area contributed by atoms with Crippen LogP contribution in [0.3, 0.4) is 0 Å². The van der Waals surface area contributed by atoms with Crippen molar-refractivity contribution < 1.29 is 0 Å². The largest absolute Gasteiger partial charge is 0.356 e. The van der Waals surface area contributed by atoms with E-state index < -0.39 is 5.41 Å². The van der Waals surface area contributed by atoms with Crippen molar-refractivity contribution in [1.82, 2.24) is 0 Å². The third-order valence-electron chi connectivity index (χ3n) is 19.9. The molecule has 0 saturated heterocycles.